The first-order valence-corrected chi connectivity index (χ1v) is 5.66. The Hall–Kier alpha value is -1.42. The zero-order chi connectivity index (χ0) is 11.5. The maximum absolute atomic E-state index is 9.53. The van der Waals surface area contributed by atoms with Gasteiger partial charge in [-0.3, -0.25) is 0 Å². The van der Waals surface area contributed by atoms with Crippen LogP contribution in [0.2, 0.25) is 0 Å². The molecule has 0 aromatic heterocycles. The van der Waals surface area contributed by atoms with E-state index < -0.39 is 0 Å². The third kappa shape index (κ3) is 2.22. The van der Waals surface area contributed by atoms with Crippen LogP contribution >= 0.6 is 0 Å². The maximum atomic E-state index is 9.53. The van der Waals surface area contributed by atoms with Crippen LogP contribution in [0.5, 0.6) is 5.75 Å². The average molecular weight is 222 g/mol. The van der Waals surface area contributed by atoms with Gasteiger partial charge in [0, 0.05) is 24.8 Å². The number of rotatable bonds is 3. The second kappa shape index (κ2) is 4.61. The lowest BCUT2D eigenvalue weighted by Crippen LogP contribution is -2.21. The summed E-state index contributed by atoms with van der Waals surface area (Å²) in [4.78, 5) is 2.13. The van der Waals surface area contributed by atoms with Gasteiger partial charge in [-0.1, -0.05) is 0 Å². The van der Waals surface area contributed by atoms with Gasteiger partial charge in [0.05, 0.1) is 18.4 Å². The average Bonchev–Trinajstić information content (AvgIpc) is 2.65. The van der Waals surface area contributed by atoms with Crippen LogP contribution in [0.1, 0.15) is 13.3 Å². The number of nitrogens with zero attached hydrogens (tertiary/aromatic N) is 1. The van der Waals surface area contributed by atoms with Crippen molar-refractivity contribution >= 4 is 11.4 Å². The summed E-state index contributed by atoms with van der Waals surface area (Å²) >= 11 is 0. The number of nitrogens with two attached hydrogens (primary N) is 1. The van der Waals surface area contributed by atoms with Crippen LogP contribution in [-0.4, -0.2) is 30.9 Å². The van der Waals surface area contributed by atoms with Crippen LogP contribution in [0, 0.1) is 0 Å². The summed E-state index contributed by atoms with van der Waals surface area (Å²) in [5, 5.41) is 9.53. The van der Waals surface area contributed by atoms with Gasteiger partial charge in [0.15, 0.2) is 0 Å². The maximum Gasteiger partial charge on any atom is 0.144 e. The van der Waals surface area contributed by atoms with Crippen molar-refractivity contribution in [2.75, 3.05) is 30.3 Å². The van der Waals surface area contributed by atoms with E-state index in [1.165, 1.54) is 0 Å². The Morgan fingerprint density at radius 2 is 2.38 bits per heavy atom. The van der Waals surface area contributed by atoms with E-state index in [4.69, 9.17) is 10.5 Å². The Morgan fingerprint density at radius 3 is 3.00 bits per heavy atom. The largest absolute Gasteiger partial charge is 0.492 e. The van der Waals surface area contributed by atoms with Gasteiger partial charge in [-0.2, -0.15) is 0 Å². The Balaban J connectivity index is 2.25. The summed E-state index contributed by atoms with van der Waals surface area (Å²) in [6, 6.07) is 5.66. The second-order valence-electron chi connectivity index (χ2n) is 4.05. The molecule has 0 amide bonds. The molecule has 1 aliphatic rings. The Bertz CT molecular complexity index is 368. The first-order chi connectivity index (χ1) is 7.70. The molecule has 1 saturated heterocycles. The number of hydrogen-bond acceptors (Lipinski definition) is 4. The van der Waals surface area contributed by atoms with Crippen molar-refractivity contribution in [1.82, 2.24) is 0 Å². The van der Waals surface area contributed by atoms with Crippen molar-refractivity contribution in [3.8, 4) is 5.75 Å². The Kier molecular flexibility index (Phi) is 3.19. The number of anilines is 2. The minimum Gasteiger partial charge on any atom is -0.492 e. The Labute approximate surface area is 95.6 Å². The zero-order valence-corrected chi connectivity index (χ0v) is 9.52. The number of ether oxygens (including phenoxy) is 1. The van der Waals surface area contributed by atoms with Gasteiger partial charge in [-0.05, 0) is 25.5 Å². The molecule has 1 aliphatic heterocycles. The van der Waals surface area contributed by atoms with Gasteiger partial charge < -0.3 is 20.5 Å². The minimum atomic E-state index is -0.230. The monoisotopic (exact) mass is 222 g/mol. The van der Waals surface area contributed by atoms with Gasteiger partial charge in [-0.15, -0.1) is 0 Å². The number of aliphatic hydroxyl groups is 1. The van der Waals surface area contributed by atoms with Crippen LogP contribution in [0.15, 0.2) is 18.2 Å². The highest BCUT2D eigenvalue weighted by Gasteiger charge is 2.22. The molecule has 0 spiro atoms. The molecule has 3 N–H and O–H groups in total. The molecule has 1 fully saturated rings. The molecule has 0 unspecified atom stereocenters. The van der Waals surface area contributed by atoms with E-state index in [9.17, 15) is 5.11 Å². The van der Waals surface area contributed by atoms with E-state index in [0.29, 0.717) is 18.8 Å². The predicted octanol–water partition coefficient (Wildman–Crippen LogP) is 1.24. The highest BCUT2D eigenvalue weighted by molar-refractivity contribution is 5.64. The van der Waals surface area contributed by atoms with Gasteiger partial charge >= 0.3 is 0 Å². The standard InChI is InChI=1S/C12H18N2O2/c1-2-16-12-7-9(13)3-4-11(12)14-6-5-10(15)8-14/h3-4,7,10,15H,2,5-6,8,13H2,1H3/t10-/m1/s1. The van der Waals surface area contributed by atoms with Crippen LogP contribution in [0.25, 0.3) is 0 Å². The highest BCUT2D eigenvalue weighted by Crippen LogP contribution is 2.32. The van der Waals surface area contributed by atoms with Gasteiger partial charge in [-0.25, -0.2) is 0 Å². The third-order valence-electron chi connectivity index (χ3n) is 2.79. The van der Waals surface area contributed by atoms with Crippen LogP contribution in [0.4, 0.5) is 11.4 Å². The lowest BCUT2D eigenvalue weighted by molar-refractivity contribution is 0.198. The zero-order valence-electron chi connectivity index (χ0n) is 9.52. The summed E-state index contributed by atoms with van der Waals surface area (Å²) < 4.78 is 5.56. The van der Waals surface area contributed by atoms with Crippen molar-refractivity contribution in [3.05, 3.63) is 18.2 Å². The molecule has 88 valence electrons. The third-order valence-corrected chi connectivity index (χ3v) is 2.79. The van der Waals surface area contributed by atoms with E-state index in [0.717, 1.165) is 24.4 Å². The van der Waals surface area contributed by atoms with Crippen molar-refractivity contribution in [2.45, 2.75) is 19.4 Å². The number of aliphatic hydroxyl groups excluding tert-OH is 1. The summed E-state index contributed by atoms with van der Waals surface area (Å²) in [5.74, 6) is 0.802. The summed E-state index contributed by atoms with van der Waals surface area (Å²) in [6.07, 6.45) is 0.586. The van der Waals surface area contributed by atoms with E-state index >= 15 is 0 Å². The van der Waals surface area contributed by atoms with Crippen LogP contribution in [-0.2, 0) is 0 Å². The summed E-state index contributed by atoms with van der Waals surface area (Å²) in [6.45, 7) is 4.10. The molecule has 0 saturated carbocycles. The SMILES string of the molecule is CCOc1cc(N)ccc1N1CC[C@@H](O)C1. The van der Waals surface area contributed by atoms with Crippen LogP contribution in [0.3, 0.4) is 0 Å². The fourth-order valence-electron chi connectivity index (χ4n) is 2.02. The van der Waals surface area contributed by atoms with E-state index in [1.807, 2.05) is 25.1 Å². The molecule has 1 aromatic carbocycles. The molecule has 16 heavy (non-hydrogen) atoms. The fourth-order valence-corrected chi connectivity index (χ4v) is 2.02. The molecule has 1 atom stereocenters. The predicted molar refractivity (Wildman–Crippen MR) is 64.9 cm³/mol. The number of β-amino-alcohol motifs (C(OH)–C–C–N with tert-alkyl or cyclic N) is 1. The minimum absolute atomic E-state index is 0.230. The molecule has 0 aliphatic carbocycles. The normalized spacial score (nSPS) is 20.1. The van der Waals surface area contributed by atoms with E-state index in [1.54, 1.807) is 0 Å². The molecule has 0 bridgehead atoms. The van der Waals surface area contributed by atoms with E-state index in [2.05, 4.69) is 4.90 Å². The van der Waals surface area contributed by atoms with Gasteiger partial charge in [0.25, 0.3) is 0 Å². The molecule has 1 heterocycles. The number of hydrogen-bond donors (Lipinski definition) is 2. The van der Waals surface area contributed by atoms with Gasteiger partial charge in [0.2, 0.25) is 0 Å². The second-order valence-corrected chi connectivity index (χ2v) is 4.05. The first-order valence-electron chi connectivity index (χ1n) is 5.66. The lowest BCUT2D eigenvalue weighted by Gasteiger charge is -2.21. The molecular weight excluding hydrogens is 204 g/mol. The molecular formula is C12H18N2O2. The summed E-state index contributed by atoms with van der Waals surface area (Å²) in [5.41, 5.74) is 7.46. The van der Waals surface area contributed by atoms with Crippen molar-refractivity contribution < 1.29 is 9.84 Å². The molecule has 4 nitrogen and oxygen atoms in total. The van der Waals surface area contributed by atoms with Crippen molar-refractivity contribution in [1.29, 1.82) is 0 Å². The smallest absolute Gasteiger partial charge is 0.144 e. The molecule has 1 aromatic rings. The van der Waals surface area contributed by atoms with Crippen molar-refractivity contribution in [3.63, 3.8) is 0 Å². The highest BCUT2D eigenvalue weighted by atomic mass is 16.5. The number of nitrogen functional groups attached to an aromatic ring is 1. The summed E-state index contributed by atoms with van der Waals surface area (Å²) in [7, 11) is 0. The first kappa shape index (κ1) is 11.1. The molecule has 0 radical (unpaired) electrons. The topological polar surface area (TPSA) is 58.7 Å². The van der Waals surface area contributed by atoms with Gasteiger partial charge in [0.1, 0.15) is 5.75 Å². The quantitative estimate of drug-likeness (QED) is 0.755. The lowest BCUT2D eigenvalue weighted by atomic mass is 10.2. The Morgan fingerprint density at radius 1 is 1.56 bits per heavy atom. The molecule has 4 heteroatoms. The van der Waals surface area contributed by atoms with E-state index in [-0.39, 0.29) is 6.10 Å². The molecule has 2 rings (SSSR count). The van der Waals surface area contributed by atoms with Crippen molar-refractivity contribution in [2.24, 2.45) is 0 Å². The van der Waals surface area contributed by atoms with Crippen LogP contribution < -0.4 is 15.4 Å². The number of benzene rings is 1. The fraction of sp³-hybridized carbons (Fsp3) is 0.500.